The summed E-state index contributed by atoms with van der Waals surface area (Å²) in [5.41, 5.74) is 2.96. The predicted octanol–water partition coefficient (Wildman–Crippen LogP) is 3.47. The summed E-state index contributed by atoms with van der Waals surface area (Å²) in [6.07, 6.45) is 0. The van der Waals surface area contributed by atoms with Crippen LogP contribution in [0, 0.1) is 0 Å². The molecule has 2 N–H and O–H groups in total. The molecular formula is C19H25N3O2. The van der Waals surface area contributed by atoms with Crippen LogP contribution in [-0.2, 0) is 13.1 Å². The number of carbonyl (C=O) groups excluding carboxylic acids is 1. The Kier molecular flexibility index (Phi) is 6.63. The van der Waals surface area contributed by atoms with E-state index in [1.165, 1.54) is 5.56 Å². The minimum atomic E-state index is -0.250. The number of rotatable bonds is 7. The third kappa shape index (κ3) is 5.59. The SMILES string of the molecule is CCOc1ccccc1NC(=O)NCc1cccc(CN(C)C)c1. The molecule has 0 atom stereocenters. The maximum atomic E-state index is 12.1. The van der Waals surface area contributed by atoms with E-state index < -0.39 is 0 Å². The van der Waals surface area contributed by atoms with E-state index >= 15 is 0 Å². The summed E-state index contributed by atoms with van der Waals surface area (Å²) in [4.78, 5) is 14.2. The largest absolute Gasteiger partial charge is 0.492 e. The Hall–Kier alpha value is -2.53. The number of hydrogen-bond acceptors (Lipinski definition) is 3. The third-order valence-electron chi connectivity index (χ3n) is 3.38. The molecular weight excluding hydrogens is 302 g/mol. The molecule has 2 aromatic carbocycles. The van der Waals surface area contributed by atoms with Gasteiger partial charge in [0, 0.05) is 13.1 Å². The molecule has 0 aliphatic heterocycles. The number of nitrogens with zero attached hydrogens (tertiary/aromatic N) is 1. The molecule has 0 aliphatic carbocycles. The van der Waals surface area contributed by atoms with Crippen molar-refractivity contribution < 1.29 is 9.53 Å². The molecule has 2 amide bonds. The van der Waals surface area contributed by atoms with Crippen LogP contribution in [0.25, 0.3) is 0 Å². The second kappa shape index (κ2) is 8.93. The van der Waals surface area contributed by atoms with Crippen LogP contribution < -0.4 is 15.4 Å². The number of urea groups is 1. The minimum absolute atomic E-state index is 0.250. The summed E-state index contributed by atoms with van der Waals surface area (Å²) >= 11 is 0. The zero-order valence-electron chi connectivity index (χ0n) is 14.5. The molecule has 0 fully saturated rings. The van der Waals surface area contributed by atoms with Crippen LogP contribution in [0.4, 0.5) is 10.5 Å². The van der Waals surface area contributed by atoms with Crippen LogP contribution >= 0.6 is 0 Å². The lowest BCUT2D eigenvalue weighted by Gasteiger charge is -2.13. The van der Waals surface area contributed by atoms with E-state index in [2.05, 4.69) is 27.7 Å². The molecule has 0 aromatic heterocycles. The van der Waals surface area contributed by atoms with E-state index in [1.807, 2.05) is 57.4 Å². The summed E-state index contributed by atoms with van der Waals surface area (Å²) in [6.45, 7) is 3.82. The lowest BCUT2D eigenvalue weighted by atomic mass is 10.1. The van der Waals surface area contributed by atoms with Crippen molar-refractivity contribution in [3.05, 3.63) is 59.7 Å². The molecule has 0 spiro atoms. The Balaban J connectivity index is 1.92. The van der Waals surface area contributed by atoms with Gasteiger partial charge in [0.05, 0.1) is 12.3 Å². The summed E-state index contributed by atoms with van der Waals surface area (Å²) in [7, 11) is 4.07. The fraction of sp³-hybridized carbons (Fsp3) is 0.316. The molecule has 0 radical (unpaired) electrons. The number of nitrogens with one attached hydrogen (secondary N) is 2. The van der Waals surface area contributed by atoms with Crippen LogP contribution in [-0.4, -0.2) is 31.6 Å². The van der Waals surface area contributed by atoms with Gasteiger partial charge in [-0.3, -0.25) is 0 Å². The fourth-order valence-corrected chi connectivity index (χ4v) is 2.40. The molecule has 0 bridgehead atoms. The van der Waals surface area contributed by atoms with Gasteiger partial charge in [0.2, 0.25) is 0 Å². The van der Waals surface area contributed by atoms with Gasteiger partial charge < -0.3 is 20.3 Å². The molecule has 5 nitrogen and oxygen atoms in total. The fourth-order valence-electron chi connectivity index (χ4n) is 2.40. The monoisotopic (exact) mass is 327 g/mol. The Bertz CT molecular complexity index is 671. The Morgan fingerprint density at radius 1 is 1.08 bits per heavy atom. The highest BCUT2D eigenvalue weighted by molar-refractivity contribution is 5.90. The molecule has 0 heterocycles. The van der Waals surface area contributed by atoms with E-state index in [1.54, 1.807) is 0 Å². The lowest BCUT2D eigenvalue weighted by molar-refractivity contribution is 0.251. The number of ether oxygens (including phenoxy) is 1. The van der Waals surface area contributed by atoms with Gasteiger partial charge in [0.25, 0.3) is 0 Å². The summed E-state index contributed by atoms with van der Waals surface area (Å²) in [5.74, 6) is 0.670. The molecule has 128 valence electrons. The number of anilines is 1. The molecule has 2 aromatic rings. The molecule has 0 saturated carbocycles. The maximum absolute atomic E-state index is 12.1. The first kappa shape index (κ1) is 17.8. The predicted molar refractivity (Wildman–Crippen MR) is 97.3 cm³/mol. The second-order valence-electron chi connectivity index (χ2n) is 5.79. The van der Waals surface area contributed by atoms with Gasteiger partial charge in [-0.05, 0) is 44.3 Å². The van der Waals surface area contributed by atoms with Crippen LogP contribution in [0.2, 0.25) is 0 Å². The summed E-state index contributed by atoms with van der Waals surface area (Å²) in [5, 5.41) is 5.71. The van der Waals surface area contributed by atoms with Crippen molar-refractivity contribution in [2.45, 2.75) is 20.0 Å². The van der Waals surface area contributed by atoms with Gasteiger partial charge >= 0.3 is 6.03 Å². The van der Waals surface area contributed by atoms with E-state index in [0.29, 0.717) is 24.6 Å². The quantitative estimate of drug-likeness (QED) is 0.819. The zero-order chi connectivity index (χ0) is 17.4. The molecule has 0 unspecified atom stereocenters. The first-order valence-electron chi connectivity index (χ1n) is 8.07. The van der Waals surface area contributed by atoms with Crippen LogP contribution in [0.1, 0.15) is 18.1 Å². The number of para-hydroxylation sites is 2. The van der Waals surface area contributed by atoms with Crippen molar-refractivity contribution in [3.63, 3.8) is 0 Å². The van der Waals surface area contributed by atoms with E-state index in [0.717, 1.165) is 12.1 Å². The van der Waals surface area contributed by atoms with Gasteiger partial charge in [0.15, 0.2) is 0 Å². The standard InChI is InChI=1S/C19H25N3O2/c1-4-24-18-11-6-5-10-17(18)21-19(23)20-13-15-8-7-9-16(12-15)14-22(2)3/h5-12H,4,13-14H2,1-3H3,(H2,20,21,23). The van der Waals surface area contributed by atoms with E-state index in [-0.39, 0.29) is 6.03 Å². The van der Waals surface area contributed by atoms with Crippen molar-refractivity contribution in [2.75, 3.05) is 26.0 Å². The van der Waals surface area contributed by atoms with Crippen molar-refractivity contribution in [1.82, 2.24) is 10.2 Å². The number of benzene rings is 2. The summed E-state index contributed by atoms with van der Waals surface area (Å²) < 4.78 is 5.51. The smallest absolute Gasteiger partial charge is 0.319 e. The third-order valence-corrected chi connectivity index (χ3v) is 3.38. The highest BCUT2D eigenvalue weighted by Crippen LogP contribution is 2.23. The normalized spacial score (nSPS) is 10.5. The van der Waals surface area contributed by atoms with Crippen molar-refractivity contribution in [3.8, 4) is 5.75 Å². The summed E-state index contributed by atoms with van der Waals surface area (Å²) in [6, 6.07) is 15.4. The lowest BCUT2D eigenvalue weighted by Crippen LogP contribution is -2.28. The zero-order valence-corrected chi connectivity index (χ0v) is 14.5. The van der Waals surface area contributed by atoms with Crippen LogP contribution in [0.3, 0.4) is 0 Å². The van der Waals surface area contributed by atoms with Gasteiger partial charge in [-0.2, -0.15) is 0 Å². The Morgan fingerprint density at radius 3 is 2.58 bits per heavy atom. The molecule has 5 heteroatoms. The van der Waals surface area contributed by atoms with Crippen molar-refractivity contribution >= 4 is 11.7 Å². The highest BCUT2D eigenvalue weighted by atomic mass is 16.5. The minimum Gasteiger partial charge on any atom is -0.492 e. The number of carbonyl (C=O) groups is 1. The maximum Gasteiger partial charge on any atom is 0.319 e. The number of hydrogen-bond donors (Lipinski definition) is 2. The topological polar surface area (TPSA) is 53.6 Å². The molecule has 0 aliphatic rings. The first-order valence-corrected chi connectivity index (χ1v) is 8.07. The van der Waals surface area contributed by atoms with Crippen molar-refractivity contribution in [2.24, 2.45) is 0 Å². The van der Waals surface area contributed by atoms with Crippen molar-refractivity contribution in [1.29, 1.82) is 0 Å². The van der Waals surface area contributed by atoms with Gasteiger partial charge in [0.1, 0.15) is 5.75 Å². The van der Waals surface area contributed by atoms with Crippen LogP contribution in [0.15, 0.2) is 48.5 Å². The Labute approximate surface area is 143 Å². The number of amides is 2. The average Bonchev–Trinajstić information content (AvgIpc) is 2.55. The first-order chi connectivity index (χ1) is 11.6. The molecule has 0 saturated heterocycles. The van der Waals surface area contributed by atoms with Gasteiger partial charge in [-0.15, -0.1) is 0 Å². The van der Waals surface area contributed by atoms with Gasteiger partial charge in [-0.1, -0.05) is 36.4 Å². The van der Waals surface area contributed by atoms with E-state index in [9.17, 15) is 4.79 Å². The average molecular weight is 327 g/mol. The van der Waals surface area contributed by atoms with E-state index in [4.69, 9.17) is 4.74 Å². The molecule has 24 heavy (non-hydrogen) atoms. The Morgan fingerprint density at radius 2 is 1.83 bits per heavy atom. The molecule has 2 rings (SSSR count). The highest BCUT2D eigenvalue weighted by Gasteiger charge is 2.07. The van der Waals surface area contributed by atoms with Gasteiger partial charge in [-0.25, -0.2) is 4.79 Å². The van der Waals surface area contributed by atoms with Crippen LogP contribution in [0.5, 0.6) is 5.75 Å². The second-order valence-corrected chi connectivity index (χ2v) is 5.79.